The third kappa shape index (κ3) is 3.61. The second kappa shape index (κ2) is 5.93. The third-order valence-corrected chi connectivity index (χ3v) is 3.96. The summed E-state index contributed by atoms with van der Waals surface area (Å²) in [5, 5.41) is 18.9. The van der Waals surface area contributed by atoms with E-state index in [9.17, 15) is 10.1 Å². The maximum Gasteiger partial charge on any atom is 0.231 e. The first-order valence-electron chi connectivity index (χ1n) is 6.16. The number of carbonyl (C=O) groups excluding carboxylic acids is 1. The first kappa shape index (κ1) is 13.7. The van der Waals surface area contributed by atoms with Gasteiger partial charge in [-0.05, 0) is 12.8 Å². The van der Waals surface area contributed by atoms with Gasteiger partial charge in [0.2, 0.25) is 17.0 Å². The van der Waals surface area contributed by atoms with Crippen molar-refractivity contribution in [2.24, 2.45) is 0 Å². The van der Waals surface area contributed by atoms with Crippen molar-refractivity contribution in [2.45, 2.75) is 42.8 Å². The Hall–Kier alpha value is -1.75. The normalized spacial score (nSPS) is 17.6. The van der Waals surface area contributed by atoms with E-state index in [0.29, 0.717) is 5.16 Å². The van der Waals surface area contributed by atoms with Gasteiger partial charge in [0.05, 0.1) is 11.8 Å². The number of nitrogens with two attached hydrogens (primary N) is 1. The van der Waals surface area contributed by atoms with E-state index < -0.39 is 5.54 Å². The maximum absolute atomic E-state index is 11.9. The van der Waals surface area contributed by atoms with Gasteiger partial charge in [0, 0.05) is 0 Å². The van der Waals surface area contributed by atoms with E-state index in [1.807, 2.05) is 0 Å². The number of rotatable bonds is 4. The largest absolute Gasteiger partial charge is 0.368 e. The van der Waals surface area contributed by atoms with Crippen molar-refractivity contribution < 1.29 is 4.79 Å². The molecule has 0 bridgehead atoms. The van der Waals surface area contributed by atoms with Crippen LogP contribution in [0.1, 0.15) is 32.1 Å². The number of thioether (sulfide) groups is 1. The lowest BCUT2D eigenvalue weighted by atomic mass is 9.83. The number of aromatic amines is 1. The molecule has 8 heteroatoms. The van der Waals surface area contributed by atoms with E-state index >= 15 is 0 Å². The number of hydrogen-bond donors (Lipinski definition) is 3. The van der Waals surface area contributed by atoms with Crippen molar-refractivity contribution in [1.29, 1.82) is 5.26 Å². The van der Waals surface area contributed by atoms with E-state index in [-0.39, 0.29) is 17.6 Å². The minimum absolute atomic E-state index is 0.170. The molecule has 4 N–H and O–H groups in total. The fraction of sp³-hybridized carbons (Fsp3) is 0.636. The summed E-state index contributed by atoms with van der Waals surface area (Å²) in [4.78, 5) is 15.8. The maximum atomic E-state index is 11.9. The zero-order chi connectivity index (χ0) is 13.7. The van der Waals surface area contributed by atoms with Crippen LogP contribution < -0.4 is 11.1 Å². The summed E-state index contributed by atoms with van der Waals surface area (Å²) in [5.74, 6) is 0.237. The highest BCUT2D eigenvalue weighted by atomic mass is 32.2. The third-order valence-electron chi connectivity index (χ3n) is 3.11. The molecule has 102 valence electrons. The molecule has 0 spiro atoms. The molecule has 1 amide bonds. The molecule has 1 aromatic heterocycles. The molecule has 2 rings (SSSR count). The Labute approximate surface area is 115 Å². The van der Waals surface area contributed by atoms with Gasteiger partial charge in [-0.2, -0.15) is 10.2 Å². The van der Waals surface area contributed by atoms with Gasteiger partial charge in [0.15, 0.2) is 0 Å². The van der Waals surface area contributed by atoms with Gasteiger partial charge in [-0.3, -0.25) is 4.79 Å². The highest BCUT2D eigenvalue weighted by molar-refractivity contribution is 7.99. The Morgan fingerprint density at radius 2 is 2.26 bits per heavy atom. The molecule has 0 atom stereocenters. The summed E-state index contributed by atoms with van der Waals surface area (Å²) in [6.45, 7) is 0. The Kier molecular flexibility index (Phi) is 4.27. The standard InChI is InChI=1S/C11H16N6OS/c12-7-11(4-2-1-3-5-11)15-8(18)6-19-10-14-9(13)16-17-10/h1-6H2,(H,15,18)(H3,13,14,16,17). The van der Waals surface area contributed by atoms with Crippen LogP contribution in [0.3, 0.4) is 0 Å². The van der Waals surface area contributed by atoms with Crippen LogP contribution in [0, 0.1) is 11.3 Å². The first-order chi connectivity index (χ1) is 9.13. The minimum Gasteiger partial charge on any atom is -0.368 e. The van der Waals surface area contributed by atoms with Gasteiger partial charge >= 0.3 is 0 Å². The molecule has 1 aliphatic carbocycles. The predicted octanol–water partition coefficient (Wildman–Crippen LogP) is 0.822. The molecule has 19 heavy (non-hydrogen) atoms. The van der Waals surface area contributed by atoms with E-state index in [1.165, 1.54) is 11.8 Å². The first-order valence-corrected chi connectivity index (χ1v) is 7.15. The van der Waals surface area contributed by atoms with Crippen molar-refractivity contribution in [2.75, 3.05) is 11.5 Å². The Bertz CT molecular complexity index is 488. The molecule has 0 radical (unpaired) electrons. The molecule has 7 nitrogen and oxygen atoms in total. The van der Waals surface area contributed by atoms with Crippen LogP contribution in [-0.2, 0) is 4.79 Å². The average Bonchev–Trinajstić information content (AvgIpc) is 2.83. The van der Waals surface area contributed by atoms with Gasteiger partial charge in [0.25, 0.3) is 0 Å². The number of anilines is 1. The molecule has 1 heterocycles. The molecular weight excluding hydrogens is 264 g/mol. The van der Waals surface area contributed by atoms with Crippen LogP contribution in [0.2, 0.25) is 0 Å². The monoisotopic (exact) mass is 280 g/mol. The van der Waals surface area contributed by atoms with Gasteiger partial charge < -0.3 is 11.1 Å². The highest BCUT2D eigenvalue weighted by Crippen LogP contribution is 2.27. The minimum atomic E-state index is -0.687. The van der Waals surface area contributed by atoms with Crippen LogP contribution in [0.4, 0.5) is 5.95 Å². The second-order valence-electron chi connectivity index (χ2n) is 4.59. The van der Waals surface area contributed by atoms with Crippen molar-refractivity contribution in [1.82, 2.24) is 20.5 Å². The summed E-state index contributed by atoms with van der Waals surface area (Å²) in [7, 11) is 0. The van der Waals surface area contributed by atoms with Gasteiger partial charge in [0.1, 0.15) is 5.54 Å². The van der Waals surface area contributed by atoms with Crippen molar-refractivity contribution in [3.05, 3.63) is 0 Å². The lowest BCUT2D eigenvalue weighted by Crippen LogP contribution is -2.49. The average molecular weight is 280 g/mol. The van der Waals surface area contributed by atoms with Crippen molar-refractivity contribution in [3.8, 4) is 6.07 Å². The van der Waals surface area contributed by atoms with Gasteiger partial charge in [-0.1, -0.05) is 31.0 Å². The van der Waals surface area contributed by atoms with Crippen LogP contribution in [0.5, 0.6) is 0 Å². The predicted molar refractivity (Wildman–Crippen MR) is 71.1 cm³/mol. The topological polar surface area (TPSA) is 120 Å². The van der Waals surface area contributed by atoms with E-state index in [1.54, 1.807) is 0 Å². The molecule has 0 aromatic carbocycles. The fourth-order valence-electron chi connectivity index (χ4n) is 2.18. The Balaban J connectivity index is 1.85. The summed E-state index contributed by atoms with van der Waals surface area (Å²) in [6, 6.07) is 2.25. The molecule has 1 aliphatic rings. The molecule has 1 aromatic rings. The molecule has 0 unspecified atom stereocenters. The van der Waals surface area contributed by atoms with Crippen LogP contribution in [0.15, 0.2) is 5.16 Å². The molecular formula is C11H16N6OS. The summed E-state index contributed by atoms with van der Waals surface area (Å²) in [6.07, 6.45) is 4.56. The number of aromatic nitrogens is 3. The van der Waals surface area contributed by atoms with E-state index in [2.05, 4.69) is 26.6 Å². The van der Waals surface area contributed by atoms with Crippen LogP contribution in [0.25, 0.3) is 0 Å². The smallest absolute Gasteiger partial charge is 0.231 e. The molecule has 1 saturated carbocycles. The van der Waals surface area contributed by atoms with Crippen molar-refractivity contribution >= 4 is 23.6 Å². The summed E-state index contributed by atoms with van der Waals surface area (Å²) < 4.78 is 0. The molecule has 0 aliphatic heterocycles. The van der Waals surface area contributed by atoms with E-state index in [4.69, 9.17) is 5.73 Å². The summed E-state index contributed by atoms with van der Waals surface area (Å²) >= 11 is 1.19. The van der Waals surface area contributed by atoms with Gasteiger partial charge in [-0.25, -0.2) is 5.10 Å². The highest BCUT2D eigenvalue weighted by Gasteiger charge is 2.33. The number of nitriles is 1. The Morgan fingerprint density at radius 3 is 2.84 bits per heavy atom. The van der Waals surface area contributed by atoms with Crippen molar-refractivity contribution in [3.63, 3.8) is 0 Å². The quantitative estimate of drug-likeness (QED) is 0.702. The number of nitrogen functional groups attached to an aromatic ring is 1. The number of hydrogen-bond acceptors (Lipinski definition) is 6. The molecule has 0 saturated heterocycles. The number of amides is 1. The number of H-pyrrole nitrogens is 1. The lowest BCUT2D eigenvalue weighted by molar-refractivity contribution is -0.120. The zero-order valence-corrected chi connectivity index (χ0v) is 11.3. The number of nitrogens with one attached hydrogen (secondary N) is 2. The lowest BCUT2D eigenvalue weighted by Gasteiger charge is -2.31. The van der Waals surface area contributed by atoms with E-state index in [0.717, 1.165) is 32.1 Å². The fourth-order valence-corrected chi connectivity index (χ4v) is 2.78. The SMILES string of the molecule is N#CC1(NC(=O)CSc2n[nH]c(N)n2)CCCCC1. The van der Waals surface area contributed by atoms with Gasteiger partial charge in [-0.15, -0.1) is 5.10 Å². The zero-order valence-electron chi connectivity index (χ0n) is 10.5. The number of nitrogens with zero attached hydrogens (tertiary/aromatic N) is 3. The second-order valence-corrected chi connectivity index (χ2v) is 5.54. The Morgan fingerprint density at radius 1 is 1.53 bits per heavy atom. The summed E-state index contributed by atoms with van der Waals surface area (Å²) in [5.41, 5.74) is 4.70. The van der Waals surface area contributed by atoms with Crippen LogP contribution in [-0.4, -0.2) is 32.4 Å². The molecule has 1 fully saturated rings. The number of carbonyl (C=O) groups is 1. The van der Waals surface area contributed by atoms with Crippen LogP contribution >= 0.6 is 11.8 Å².